The summed E-state index contributed by atoms with van der Waals surface area (Å²) >= 11 is 0. The van der Waals surface area contributed by atoms with Crippen molar-refractivity contribution in [1.82, 2.24) is 5.32 Å². The Morgan fingerprint density at radius 2 is 2.15 bits per heavy atom. The van der Waals surface area contributed by atoms with E-state index < -0.39 is 0 Å². The second-order valence-corrected chi connectivity index (χ2v) is 4.47. The van der Waals surface area contributed by atoms with Crippen LogP contribution in [0.25, 0.3) is 0 Å². The summed E-state index contributed by atoms with van der Waals surface area (Å²) in [5.74, 6) is 0.846. The Balaban J connectivity index is 2.58. The number of methoxy groups -OCH3 is 1. The van der Waals surface area contributed by atoms with E-state index in [2.05, 4.69) is 10.5 Å². The monoisotopic (exact) mass is 281 g/mol. The van der Waals surface area contributed by atoms with Gasteiger partial charge in [0.05, 0.1) is 7.11 Å². The third-order valence-corrected chi connectivity index (χ3v) is 3.01. The van der Waals surface area contributed by atoms with Crippen molar-refractivity contribution in [2.45, 2.75) is 25.8 Å². The Labute approximate surface area is 119 Å². The zero-order valence-electron chi connectivity index (χ0n) is 11.8. The number of amidine groups is 1. The molecule has 0 radical (unpaired) electrons. The van der Waals surface area contributed by atoms with Crippen LogP contribution in [0.3, 0.4) is 0 Å². The highest BCUT2D eigenvalue weighted by Crippen LogP contribution is 2.19. The molecule has 1 rings (SSSR count). The Morgan fingerprint density at radius 3 is 2.80 bits per heavy atom. The maximum atomic E-state index is 8.70. The molecule has 112 valence electrons. The van der Waals surface area contributed by atoms with E-state index >= 15 is 0 Å². The standard InChI is InChI=1S/C14H23N3O3/c1-20-13-6-5-11(14(15)17-19)9-12(13)10-16-7-3-2-4-8-18/h5-6,9,16,18-19H,2-4,7-8,10H2,1H3,(H2,15,17). The Hall–Kier alpha value is -1.79. The van der Waals surface area contributed by atoms with E-state index in [1.54, 1.807) is 19.2 Å². The van der Waals surface area contributed by atoms with Gasteiger partial charge >= 0.3 is 0 Å². The first kappa shape index (κ1) is 16.3. The van der Waals surface area contributed by atoms with Crippen LogP contribution in [0.5, 0.6) is 5.75 Å². The molecule has 0 aliphatic rings. The average molecular weight is 281 g/mol. The van der Waals surface area contributed by atoms with Crippen LogP contribution in [-0.2, 0) is 6.54 Å². The second kappa shape index (κ2) is 9.17. The molecule has 6 heteroatoms. The fourth-order valence-corrected chi connectivity index (χ4v) is 1.90. The lowest BCUT2D eigenvalue weighted by atomic mass is 10.1. The number of ether oxygens (including phenoxy) is 1. The van der Waals surface area contributed by atoms with Crippen molar-refractivity contribution in [2.24, 2.45) is 10.9 Å². The van der Waals surface area contributed by atoms with Crippen LogP contribution < -0.4 is 15.8 Å². The van der Waals surface area contributed by atoms with Gasteiger partial charge in [-0.3, -0.25) is 0 Å². The van der Waals surface area contributed by atoms with Gasteiger partial charge in [0.1, 0.15) is 5.75 Å². The highest BCUT2D eigenvalue weighted by molar-refractivity contribution is 5.97. The first-order valence-corrected chi connectivity index (χ1v) is 6.69. The molecule has 0 fully saturated rings. The van der Waals surface area contributed by atoms with Crippen molar-refractivity contribution in [3.63, 3.8) is 0 Å². The van der Waals surface area contributed by atoms with Crippen LogP contribution in [0.15, 0.2) is 23.4 Å². The van der Waals surface area contributed by atoms with E-state index in [9.17, 15) is 0 Å². The molecule has 0 amide bonds. The number of oxime groups is 1. The number of nitrogens with two attached hydrogens (primary N) is 1. The summed E-state index contributed by atoms with van der Waals surface area (Å²) in [5.41, 5.74) is 7.19. The second-order valence-electron chi connectivity index (χ2n) is 4.47. The molecule has 0 aliphatic heterocycles. The van der Waals surface area contributed by atoms with Crippen LogP contribution in [0, 0.1) is 0 Å². The molecule has 20 heavy (non-hydrogen) atoms. The molecule has 0 heterocycles. The van der Waals surface area contributed by atoms with Crippen LogP contribution in [0.2, 0.25) is 0 Å². The molecule has 0 saturated carbocycles. The van der Waals surface area contributed by atoms with E-state index in [4.69, 9.17) is 20.8 Å². The fourth-order valence-electron chi connectivity index (χ4n) is 1.90. The number of nitrogens with zero attached hydrogens (tertiary/aromatic N) is 1. The molecular weight excluding hydrogens is 258 g/mol. The molecule has 0 aromatic heterocycles. The van der Waals surface area contributed by atoms with Gasteiger partial charge < -0.3 is 26.1 Å². The van der Waals surface area contributed by atoms with Crippen molar-refractivity contribution >= 4 is 5.84 Å². The average Bonchev–Trinajstić information content (AvgIpc) is 2.49. The first-order chi connectivity index (χ1) is 9.72. The summed E-state index contributed by atoms with van der Waals surface area (Å²) in [4.78, 5) is 0. The van der Waals surface area contributed by atoms with E-state index in [1.807, 2.05) is 6.07 Å². The van der Waals surface area contributed by atoms with Crippen molar-refractivity contribution in [3.8, 4) is 5.75 Å². The minimum Gasteiger partial charge on any atom is -0.496 e. The summed E-state index contributed by atoms with van der Waals surface area (Å²) in [5, 5.41) is 23.7. The van der Waals surface area contributed by atoms with Crippen molar-refractivity contribution in [1.29, 1.82) is 0 Å². The maximum absolute atomic E-state index is 8.70. The molecule has 0 aliphatic carbocycles. The Morgan fingerprint density at radius 1 is 1.35 bits per heavy atom. The molecule has 0 bridgehead atoms. The summed E-state index contributed by atoms with van der Waals surface area (Å²) in [7, 11) is 1.61. The molecule has 0 spiro atoms. The third-order valence-electron chi connectivity index (χ3n) is 3.01. The zero-order valence-corrected chi connectivity index (χ0v) is 11.8. The highest BCUT2D eigenvalue weighted by atomic mass is 16.5. The molecule has 0 unspecified atom stereocenters. The van der Waals surface area contributed by atoms with E-state index in [0.29, 0.717) is 12.1 Å². The van der Waals surface area contributed by atoms with Crippen LogP contribution in [0.1, 0.15) is 30.4 Å². The van der Waals surface area contributed by atoms with Crippen LogP contribution >= 0.6 is 0 Å². The van der Waals surface area contributed by atoms with E-state index in [1.165, 1.54) is 0 Å². The lowest BCUT2D eigenvalue weighted by molar-refractivity contribution is 0.283. The molecule has 1 aromatic rings. The minimum absolute atomic E-state index is 0.0804. The van der Waals surface area contributed by atoms with E-state index in [-0.39, 0.29) is 12.4 Å². The Kier molecular flexibility index (Phi) is 7.46. The number of aliphatic hydroxyl groups is 1. The molecule has 6 nitrogen and oxygen atoms in total. The molecule has 0 saturated heterocycles. The van der Waals surface area contributed by atoms with Crippen LogP contribution in [-0.4, -0.2) is 36.4 Å². The number of benzene rings is 1. The number of unbranched alkanes of at least 4 members (excludes halogenated alkanes) is 2. The predicted octanol–water partition coefficient (Wildman–Crippen LogP) is 1.04. The SMILES string of the molecule is COc1ccc(/C(N)=N/O)cc1CNCCCCCO. The number of hydrogen-bond donors (Lipinski definition) is 4. The van der Waals surface area contributed by atoms with Gasteiger partial charge in [0.25, 0.3) is 0 Å². The minimum atomic E-state index is 0.0804. The largest absolute Gasteiger partial charge is 0.496 e. The smallest absolute Gasteiger partial charge is 0.170 e. The van der Waals surface area contributed by atoms with Crippen LogP contribution in [0.4, 0.5) is 0 Å². The van der Waals surface area contributed by atoms with Crippen molar-refractivity contribution in [2.75, 3.05) is 20.3 Å². The van der Waals surface area contributed by atoms with E-state index in [0.717, 1.165) is 37.1 Å². The van der Waals surface area contributed by atoms with Gasteiger partial charge in [-0.25, -0.2) is 0 Å². The molecular formula is C14H23N3O3. The predicted molar refractivity (Wildman–Crippen MR) is 78.1 cm³/mol. The maximum Gasteiger partial charge on any atom is 0.170 e. The zero-order chi connectivity index (χ0) is 14.8. The molecule has 1 aromatic carbocycles. The number of aliphatic hydroxyl groups excluding tert-OH is 1. The highest BCUT2D eigenvalue weighted by Gasteiger charge is 2.06. The quantitative estimate of drug-likeness (QED) is 0.178. The lowest BCUT2D eigenvalue weighted by Crippen LogP contribution is -2.17. The molecule has 5 N–H and O–H groups in total. The first-order valence-electron chi connectivity index (χ1n) is 6.69. The number of rotatable bonds is 9. The lowest BCUT2D eigenvalue weighted by Gasteiger charge is -2.11. The van der Waals surface area contributed by atoms with Gasteiger partial charge in [-0.05, 0) is 44.0 Å². The third kappa shape index (κ3) is 5.07. The van der Waals surface area contributed by atoms with Gasteiger partial charge in [-0.1, -0.05) is 5.16 Å². The van der Waals surface area contributed by atoms with Crippen molar-refractivity contribution in [3.05, 3.63) is 29.3 Å². The van der Waals surface area contributed by atoms with Gasteiger partial charge in [0, 0.05) is 24.3 Å². The summed E-state index contributed by atoms with van der Waals surface area (Å²) in [6, 6.07) is 5.39. The van der Waals surface area contributed by atoms with Crippen molar-refractivity contribution < 1.29 is 15.1 Å². The van der Waals surface area contributed by atoms with Gasteiger partial charge in [0.2, 0.25) is 0 Å². The van der Waals surface area contributed by atoms with Gasteiger partial charge in [-0.15, -0.1) is 0 Å². The summed E-state index contributed by atoms with van der Waals surface area (Å²) in [6.07, 6.45) is 2.86. The van der Waals surface area contributed by atoms with Gasteiger partial charge in [-0.2, -0.15) is 0 Å². The Bertz CT molecular complexity index is 436. The van der Waals surface area contributed by atoms with Gasteiger partial charge in [0.15, 0.2) is 5.84 Å². The fraction of sp³-hybridized carbons (Fsp3) is 0.500. The topological polar surface area (TPSA) is 100 Å². The summed E-state index contributed by atoms with van der Waals surface area (Å²) < 4.78 is 5.29. The summed E-state index contributed by atoms with van der Waals surface area (Å²) in [6.45, 7) is 1.77. The number of hydrogen-bond acceptors (Lipinski definition) is 5. The normalized spacial score (nSPS) is 11.6. The number of nitrogens with one attached hydrogen (secondary N) is 1. The molecule has 0 atom stereocenters.